The van der Waals surface area contributed by atoms with Gasteiger partial charge in [-0.25, -0.2) is 17.5 Å². The molecule has 0 saturated heterocycles. The number of sulfonamides is 1. The molecule has 8 nitrogen and oxygen atoms in total. The van der Waals surface area contributed by atoms with Gasteiger partial charge in [-0.1, -0.05) is 12.1 Å². The number of hydrogen-bond donors (Lipinski definition) is 1. The average molecular weight is 370 g/mol. The lowest BCUT2D eigenvalue weighted by Crippen LogP contribution is -2.28. The second-order valence-electron chi connectivity index (χ2n) is 4.77. The lowest BCUT2D eigenvalue weighted by Gasteiger charge is -2.09. The van der Waals surface area contributed by atoms with Crippen molar-refractivity contribution in [3.05, 3.63) is 58.4 Å². The van der Waals surface area contributed by atoms with E-state index < -0.39 is 26.5 Å². The normalized spacial score (nSPS) is 11.1. The summed E-state index contributed by atoms with van der Waals surface area (Å²) in [5.74, 6) is -0.607. The van der Waals surface area contributed by atoms with Crippen LogP contribution >= 0.6 is 0 Å². The van der Waals surface area contributed by atoms with Crippen LogP contribution < -0.4 is 14.2 Å². The van der Waals surface area contributed by atoms with E-state index in [9.17, 15) is 22.9 Å². The van der Waals surface area contributed by atoms with Gasteiger partial charge in [-0.05, 0) is 24.3 Å². The van der Waals surface area contributed by atoms with Gasteiger partial charge in [0, 0.05) is 12.6 Å². The second kappa shape index (κ2) is 7.90. The monoisotopic (exact) mass is 370 g/mol. The van der Waals surface area contributed by atoms with Crippen LogP contribution in [0, 0.1) is 15.9 Å². The Morgan fingerprint density at radius 1 is 1.20 bits per heavy atom. The van der Waals surface area contributed by atoms with Gasteiger partial charge in [-0.2, -0.15) is 0 Å². The zero-order valence-electron chi connectivity index (χ0n) is 13.1. The fourth-order valence-electron chi connectivity index (χ4n) is 1.96. The van der Waals surface area contributed by atoms with Crippen molar-refractivity contribution < 1.29 is 27.2 Å². The maximum Gasteiger partial charge on any atom is 0.312 e. The van der Waals surface area contributed by atoms with E-state index in [4.69, 9.17) is 9.47 Å². The van der Waals surface area contributed by atoms with Gasteiger partial charge in [-0.3, -0.25) is 10.1 Å². The van der Waals surface area contributed by atoms with Crippen molar-refractivity contribution in [3.63, 3.8) is 0 Å². The lowest BCUT2D eigenvalue weighted by molar-refractivity contribution is -0.386. The first-order valence-corrected chi connectivity index (χ1v) is 8.53. The minimum atomic E-state index is -3.99. The predicted molar refractivity (Wildman–Crippen MR) is 86.7 cm³/mol. The Kier molecular flexibility index (Phi) is 5.88. The average Bonchev–Trinajstić information content (AvgIpc) is 2.59. The summed E-state index contributed by atoms with van der Waals surface area (Å²) in [4.78, 5) is 9.94. The highest BCUT2D eigenvalue weighted by atomic mass is 32.2. The van der Waals surface area contributed by atoms with Gasteiger partial charge in [-0.15, -0.1) is 0 Å². The number of ether oxygens (including phenoxy) is 2. The molecule has 0 atom stereocenters. The Morgan fingerprint density at radius 3 is 2.56 bits per heavy atom. The smallest absolute Gasteiger partial charge is 0.312 e. The first-order valence-electron chi connectivity index (χ1n) is 7.04. The number of nitro benzene ring substituents is 1. The number of rotatable bonds is 8. The van der Waals surface area contributed by atoms with E-state index in [1.54, 1.807) is 6.07 Å². The highest BCUT2D eigenvalue weighted by Crippen LogP contribution is 2.29. The van der Waals surface area contributed by atoms with Crippen LogP contribution in [-0.2, 0) is 10.0 Å². The van der Waals surface area contributed by atoms with E-state index in [0.29, 0.717) is 0 Å². The van der Waals surface area contributed by atoms with E-state index in [0.717, 1.165) is 6.07 Å². The van der Waals surface area contributed by atoms with E-state index in [1.807, 2.05) is 0 Å². The molecule has 0 fully saturated rings. The van der Waals surface area contributed by atoms with E-state index >= 15 is 0 Å². The molecule has 25 heavy (non-hydrogen) atoms. The largest absolute Gasteiger partial charge is 0.490 e. The van der Waals surface area contributed by atoms with Gasteiger partial charge in [0.15, 0.2) is 17.3 Å². The molecule has 0 aliphatic heterocycles. The Labute approximate surface area is 143 Å². The van der Waals surface area contributed by atoms with Crippen molar-refractivity contribution in [1.29, 1.82) is 0 Å². The molecule has 0 aliphatic carbocycles. The van der Waals surface area contributed by atoms with Crippen molar-refractivity contribution in [2.45, 2.75) is 4.90 Å². The molecular weight excluding hydrogens is 355 g/mol. The van der Waals surface area contributed by atoms with Gasteiger partial charge < -0.3 is 9.47 Å². The number of para-hydroxylation sites is 1. The summed E-state index contributed by atoms with van der Waals surface area (Å²) in [5.41, 5.74) is -0.465. The standard InChI is InChI=1S/C15H15FN2O6S/c1-23-15-7-6-11(10-13(15)18(19)20)25(21,22)17-8-9-24-14-5-3-2-4-12(14)16/h2-7,10,17H,8-9H2,1H3. The first kappa shape index (κ1) is 18.6. The molecule has 0 radical (unpaired) electrons. The van der Waals surface area contributed by atoms with Crippen LogP contribution in [0.4, 0.5) is 10.1 Å². The third kappa shape index (κ3) is 4.64. The molecule has 0 aliphatic rings. The molecule has 0 aromatic heterocycles. The molecule has 0 amide bonds. The molecule has 2 rings (SSSR count). The highest BCUT2D eigenvalue weighted by molar-refractivity contribution is 7.89. The summed E-state index contributed by atoms with van der Waals surface area (Å²) in [7, 11) is -2.74. The molecule has 0 bridgehead atoms. The number of nitro groups is 1. The molecule has 0 unspecified atom stereocenters. The Balaban J connectivity index is 2.03. The third-order valence-electron chi connectivity index (χ3n) is 3.15. The van der Waals surface area contributed by atoms with E-state index in [1.165, 1.54) is 37.4 Å². The fourth-order valence-corrected chi connectivity index (χ4v) is 2.99. The number of methoxy groups -OCH3 is 1. The van der Waals surface area contributed by atoms with E-state index in [2.05, 4.69) is 4.72 Å². The molecule has 0 heterocycles. The van der Waals surface area contributed by atoms with Crippen LogP contribution in [0.2, 0.25) is 0 Å². The Hall–Kier alpha value is -2.72. The SMILES string of the molecule is COc1ccc(S(=O)(=O)NCCOc2ccccc2F)cc1[N+](=O)[O-]. The number of halogens is 1. The molecular formula is C15H15FN2O6S. The zero-order chi connectivity index (χ0) is 18.4. The minimum absolute atomic E-state index is 0.00165. The van der Waals surface area contributed by atoms with Crippen molar-refractivity contribution in [3.8, 4) is 11.5 Å². The van der Waals surface area contributed by atoms with E-state index in [-0.39, 0.29) is 29.5 Å². The fraction of sp³-hybridized carbons (Fsp3) is 0.200. The third-order valence-corrected chi connectivity index (χ3v) is 4.60. The quantitative estimate of drug-likeness (QED) is 0.433. The summed E-state index contributed by atoms with van der Waals surface area (Å²) in [6.07, 6.45) is 0. The number of hydrogen-bond acceptors (Lipinski definition) is 6. The summed E-state index contributed by atoms with van der Waals surface area (Å²) in [5, 5.41) is 11.0. The van der Waals surface area contributed by atoms with Gasteiger partial charge in [0.2, 0.25) is 10.0 Å². The second-order valence-corrected chi connectivity index (χ2v) is 6.53. The predicted octanol–water partition coefficient (Wildman–Crippen LogP) is 2.10. The molecule has 2 aromatic rings. The van der Waals surface area contributed by atoms with Crippen LogP contribution in [0.5, 0.6) is 11.5 Å². The molecule has 2 aromatic carbocycles. The number of nitrogens with zero attached hydrogens (tertiary/aromatic N) is 1. The van der Waals surface area contributed by atoms with Gasteiger partial charge in [0.25, 0.3) is 0 Å². The van der Waals surface area contributed by atoms with Crippen molar-refractivity contribution in [2.75, 3.05) is 20.3 Å². The molecule has 134 valence electrons. The first-order chi connectivity index (χ1) is 11.8. The van der Waals surface area contributed by atoms with Crippen LogP contribution in [0.1, 0.15) is 0 Å². The molecule has 10 heteroatoms. The summed E-state index contributed by atoms with van der Waals surface area (Å²) >= 11 is 0. The lowest BCUT2D eigenvalue weighted by atomic mass is 10.3. The summed E-state index contributed by atoms with van der Waals surface area (Å²) in [6.45, 7) is -0.255. The van der Waals surface area contributed by atoms with Crippen molar-refractivity contribution in [2.24, 2.45) is 0 Å². The summed E-state index contributed by atoms with van der Waals surface area (Å²) in [6, 6.07) is 9.00. The van der Waals surface area contributed by atoms with Crippen LogP contribution in [0.25, 0.3) is 0 Å². The molecule has 0 saturated carbocycles. The minimum Gasteiger partial charge on any atom is -0.490 e. The maximum atomic E-state index is 13.4. The van der Waals surface area contributed by atoms with Gasteiger partial charge >= 0.3 is 5.69 Å². The van der Waals surface area contributed by atoms with Crippen LogP contribution in [-0.4, -0.2) is 33.6 Å². The zero-order valence-corrected chi connectivity index (χ0v) is 14.0. The number of benzene rings is 2. The summed E-state index contributed by atoms with van der Waals surface area (Å²) < 4.78 is 49.9. The van der Waals surface area contributed by atoms with Gasteiger partial charge in [0.05, 0.1) is 16.9 Å². The van der Waals surface area contributed by atoms with Gasteiger partial charge in [0.1, 0.15) is 6.61 Å². The molecule has 0 spiro atoms. The highest BCUT2D eigenvalue weighted by Gasteiger charge is 2.21. The van der Waals surface area contributed by atoms with Crippen LogP contribution in [0.15, 0.2) is 47.4 Å². The molecule has 1 N–H and O–H groups in total. The Bertz CT molecular complexity index is 872. The van der Waals surface area contributed by atoms with Crippen molar-refractivity contribution in [1.82, 2.24) is 4.72 Å². The van der Waals surface area contributed by atoms with Crippen LogP contribution in [0.3, 0.4) is 0 Å². The number of nitrogens with one attached hydrogen (secondary N) is 1. The maximum absolute atomic E-state index is 13.4. The topological polar surface area (TPSA) is 108 Å². The Morgan fingerprint density at radius 2 is 1.92 bits per heavy atom. The van der Waals surface area contributed by atoms with Crippen molar-refractivity contribution >= 4 is 15.7 Å².